The summed E-state index contributed by atoms with van der Waals surface area (Å²) in [5, 5.41) is 12.7. The van der Waals surface area contributed by atoms with Crippen LogP contribution in [0.2, 0.25) is 0 Å². The van der Waals surface area contributed by atoms with Gasteiger partial charge in [-0.15, -0.1) is 0 Å². The van der Waals surface area contributed by atoms with E-state index in [2.05, 4.69) is 183 Å². The molecule has 2 aromatic heterocycles. The summed E-state index contributed by atoms with van der Waals surface area (Å²) in [6.07, 6.45) is 4.49. The quantitative estimate of drug-likeness (QED) is 0.149. The molecule has 1 fully saturated rings. The number of hydrogen-bond acceptors (Lipinski definition) is 3. The Morgan fingerprint density at radius 3 is 1.66 bits per heavy atom. The molecular weight excluding hydrogens is 899 g/mol. The van der Waals surface area contributed by atoms with E-state index in [-0.39, 0.29) is 11.2 Å². The van der Waals surface area contributed by atoms with Crippen molar-refractivity contribution < 1.29 is 7.85 Å². The molecule has 0 radical (unpaired) electrons. The lowest BCUT2D eigenvalue weighted by atomic mass is 9.76. The number of pyridine rings is 1. The number of rotatable bonds is 10. The highest BCUT2D eigenvalue weighted by Crippen LogP contribution is 2.46. The summed E-state index contributed by atoms with van der Waals surface area (Å²) in [7, 11) is 0. The highest BCUT2D eigenvalue weighted by molar-refractivity contribution is 5.99. The first-order valence-corrected chi connectivity index (χ1v) is 25.9. The molecule has 2 heterocycles. The van der Waals surface area contributed by atoms with Gasteiger partial charge in [0.15, 0.2) is 0 Å². The summed E-state index contributed by atoms with van der Waals surface area (Å²) in [4.78, 5) is 10.6. The zero-order valence-electron chi connectivity index (χ0n) is 44.1. The number of para-hydroxylation sites is 1. The Kier molecular flexibility index (Phi) is 11.8. The molecule has 0 aliphatic heterocycles. The summed E-state index contributed by atoms with van der Waals surface area (Å²) in [5.41, 5.74) is 18.1. The second-order valence-corrected chi connectivity index (χ2v) is 20.6. The molecule has 1 N–H and O–H groups in total. The van der Waals surface area contributed by atoms with Gasteiger partial charge in [0.2, 0.25) is 0 Å². The summed E-state index contributed by atoms with van der Waals surface area (Å²) in [6, 6.07) is 79.7. The second-order valence-electron chi connectivity index (χ2n) is 20.6. The van der Waals surface area contributed by atoms with Gasteiger partial charge in [-0.25, -0.2) is 4.98 Å². The molecule has 1 aliphatic carbocycles. The van der Waals surface area contributed by atoms with Crippen LogP contribution in [0.25, 0.3) is 95.0 Å². The monoisotopic (exact) mass is 959 g/mol. The van der Waals surface area contributed by atoms with Crippen molar-refractivity contribution in [2.24, 2.45) is 0 Å². The van der Waals surface area contributed by atoms with E-state index in [0.717, 1.165) is 94.7 Å². The summed E-state index contributed by atoms with van der Waals surface area (Å²) < 4.78 is 21.0. The van der Waals surface area contributed by atoms with Gasteiger partial charge in [-0.2, -0.15) is 0 Å². The van der Waals surface area contributed by atoms with Gasteiger partial charge < -0.3 is 5.11 Å². The lowest BCUT2D eigenvalue weighted by Crippen LogP contribution is -2.12. The van der Waals surface area contributed by atoms with Gasteiger partial charge in [0, 0.05) is 31.2 Å². The number of imidazole rings is 1. The Labute approximate surface area is 438 Å². The van der Waals surface area contributed by atoms with Crippen LogP contribution >= 0.6 is 0 Å². The lowest BCUT2D eigenvalue weighted by Gasteiger charge is -2.29. The molecule has 11 aromatic rings. The van der Waals surface area contributed by atoms with Crippen LogP contribution in [-0.4, -0.2) is 19.6 Å². The van der Waals surface area contributed by atoms with E-state index in [4.69, 9.17) is 9.97 Å². The van der Waals surface area contributed by atoms with E-state index in [9.17, 15) is 7.85 Å². The topological polar surface area (TPSA) is 50.9 Å². The van der Waals surface area contributed by atoms with E-state index in [0.29, 0.717) is 37.1 Å². The van der Waals surface area contributed by atoms with Crippen LogP contribution in [0.3, 0.4) is 0 Å². The fourth-order valence-electron chi connectivity index (χ4n) is 10.9. The molecule has 0 bridgehead atoms. The summed E-state index contributed by atoms with van der Waals surface area (Å²) >= 11 is 0. The van der Waals surface area contributed by atoms with Gasteiger partial charge in [0.1, 0.15) is 11.6 Å². The standard InChI is InChI=1S/C70H59N3O/c1-70(2,3)59-38-39-65(61(46-59)53-22-12-6-13-23-53)73-66-29-17-28-60(67(66)72-69(73)63-44-58(48-20-10-5-11-21-48)43-62(68(63)74)54-24-14-7-15-25-54)56-26-16-27-57(42-56)64-45-55(40-41-71-64)52-36-34-51(35-37-52)50-32-30-49(31-33-50)47-18-8-4-9-19-47/h4-29,34-46,49-50,74H,30-33H2,1-3H3/i49D,50D. The maximum absolute atomic E-state index is 12.7. The Hall–Kier alpha value is -8.60. The van der Waals surface area contributed by atoms with Crippen molar-refractivity contribution in [3.8, 4) is 89.7 Å². The van der Waals surface area contributed by atoms with Crippen LogP contribution in [0, 0.1) is 0 Å². The van der Waals surface area contributed by atoms with E-state index < -0.39 is 11.8 Å². The number of aromatic hydroxyl groups is 1. The molecule has 9 aromatic carbocycles. The third-order valence-electron chi connectivity index (χ3n) is 14.9. The average Bonchev–Trinajstić information content (AvgIpc) is 3.87. The fraction of sp³-hybridized carbons (Fsp3) is 0.143. The SMILES string of the molecule is [2H]C1(c2ccccc2)CCC([2H])(c2ccc(-c3ccnc(-c4cccc(-c5cccc6c5nc(-c5cc(-c7ccccc7)cc(-c7ccccc7)c5O)n6-c5ccc(C(C)(C)C)cc5-c5ccccc5)c4)c3)cc2)CC1. The van der Waals surface area contributed by atoms with Crippen molar-refractivity contribution in [3.63, 3.8) is 0 Å². The Balaban J connectivity index is 0.967. The fourth-order valence-corrected chi connectivity index (χ4v) is 10.9. The molecule has 4 nitrogen and oxygen atoms in total. The van der Waals surface area contributed by atoms with E-state index in [1.807, 2.05) is 79.0 Å². The number of nitrogens with zero attached hydrogens (tertiary/aromatic N) is 3. The molecular formula is C70H59N3O. The number of aromatic nitrogens is 3. The van der Waals surface area contributed by atoms with Crippen molar-refractivity contribution in [1.82, 2.24) is 14.5 Å². The first-order chi connectivity index (χ1) is 36.9. The van der Waals surface area contributed by atoms with E-state index >= 15 is 0 Å². The molecule has 12 rings (SSSR count). The average molecular weight is 960 g/mol. The minimum absolute atomic E-state index is 0.104. The third kappa shape index (κ3) is 9.13. The highest BCUT2D eigenvalue weighted by Gasteiger charge is 2.27. The third-order valence-corrected chi connectivity index (χ3v) is 14.9. The van der Waals surface area contributed by atoms with Gasteiger partial charge in [-0.1, -0.05) is 203 Å². The van der Waals surface area contributed by atoms with E-state index in [1.165, 1.54) is 5.56 Å². The minimum atomic E-state index is -0.722. The molecule has 0 spiro atoms. The smallest absolute Gasteiger partial charge is 0.149 e. The molecule has 4 heteroatoms. The molecule has 0 atom stereocenters. The zero-order chi connectivity index (χ0) is 52.0. The predicted octanol–water partition coefficient (Wildman–Crippen LogP) is 18.5. The van der Waals surface area contributed by atoms with Crippen molar-refractivity contribution in [2.75, 3.05) is 0 Å². The lowest BCUT2D eigenvalue weighted by molar-refractivity contribution is 0.396. The number of phenolic OH excluding ortho intramolecular Hbond substituents is 1. The second kappa shape index (κ2) is 19.8. The summed E-state index contributed by atoms with van der Waals surface area (Å²) in [5.74, 6) is -0.582. The van der Waals surface area contributed by atoms with Crippen LogP contribution < -0.4 is 0 Å². The predicted molar refractivity (Wildman–Crippen MR) is 308 cm³/mol. The molecule has 0 unspecified atom stereocenters. The number of benzene rings is 9. The van der Waals surface area contributed by atoms with Crippen molar-refractivity contribution in [2.45, 2.75) is 63.7 Å². The highest BCUT2D eigenvalue weighted by atomic mass is 16.3. The first kappa shape index (κ1) is 44.1. The molecule has 0 saturated heterocycles. The number of fused-ring (bicyclic) bond motifs is 1. The normalized spacial score (nSPS) is 17.2. The first-order valence-electron chi connectivity index (χ1n) is 26.9. The Morgan fingerprint density at radius 1 is 0.446 bits per heavy atom. The minimum Gasteiger partial charge on any atom is -0.507 e. The maximum atomic E-state index is 12.7. The van der Waals surface area contributed by atoms with Crippen molar-refractivity contribution in [1.29, 1.82) is 0 Å². The van der Waals surface area contributed by atoms with Crippen molar-refractivity contribution in [3.05, 3.63) is 253 Å². The molecule has 1 saturated carbocycles. The zero-order valence-corrected chi connectivity index (χ0v) is 42.1. The van der Waals surface area contributed by atoms with Gasteiger partial charge >= 0.3 is 0 Å². The molecule has 1 aliphatic rings. The summed E-state index contributed by atoms with van der Waals surface area (Å²) in [6.45, 7) is 6.74. The van der Waals surface area contributed by atoms with Gasteiger partial charge in [0.05, 0.1) is 28.0 Å². The Morgan fingerprint density at radius 2 is 1.00 bits per heavy atom. The number of phenols is 1. The number of hydrogen-bond donors (Lipinski definition) is 1. The van der Waals surface area contributed by atoms with Gasteiger partial charge in [-0.05, 0) is 147 Å². The van der Waals surface area contributed by atoms with Crippen LogP contribution in [0.15, 0.2) is 237 Å². The molecule has 74 heavy (non-hydrogen) atoms. The van der Waals surface area contributed by atoms with Crippen molar-refractivity contribution >= 4 is 11.0 Å². The molecule has 0 amide bonds. The van der Waals surface area contributed by atoms with E-state index in [1.54, 1.807) is 0 Å². The van der Waals surface area contributed by atoms with Gasteiger partial charge in [-0.3, -0.25) is 9.55 Å². The van der Waals surface area contributed by atoms with Gasteiger partial charge in [0.25, 0.3) is 0 Å². The largest absolute Gasteiger partial charge is 0.507 e. The van der Waals surface area contributed by atoms with Crippen LogP contribution in [0.1, 0.15) is 77.7 Å². The Bertz CT molecular complexity index is 3880. The molecule has 360 valence electrons. The van der Waals surface area contributed by atoms with Crippen LogP contribution in [0.5, 0.6) is 5.75 Å². The van der Waals surface area contributed by atoms with Crippen LogP contribution in [-0.2, 0) is 5.41 Å². The maximum Gasteiger partial charge on any atom is 0.149 e. The van der Waals surface area contributed by atoms with Crippen LogP contribution in [0.4, 0.5) is 0 Å².